The van der Waals surface area contributed by atoms with Gasteiger partial charge in [0.05, 0.1) is 22.7 Å². The molecule has 0 radical (unpaired) electrons. The third-order valence-corrected chi connectivity index (χ3v) is 4.76. The molecule has 0 spiro atoms. The minimum atomic E-state index is 0.568. The number of hydrogen-bond donors (Lipinski definition) is 2. The maximum atomic E-state index is 5.11. The average Bonchev–Trinajstić information content (AvgIpc) is 2.91. The largest absolute Gasteiger partial charge is 0.412 e. The molecule has 4 N–H and O–H groups in total. The standard InChI is InChI=1S/C26H22N6O2/c27-33-25-15-11-23(12-16-25)31-29-21-7-3-19(4-8-21)1-2-20-5-9-22(10-6-20)30-32-24-13-17-26(34-28)18-14-24/h1-18H,27-28H2/b2-1+,31-29+,32-30+. The first-order valence-corrected chi connectivity index (χ1v) is 10.4. The van der Waals surface area contributed by atoms with Crippen molar-refractivity contribution in [3.8, 4) is 11.5 Å². The number of nitrogens with zero attached hydrogens (tertiary/aromatic N) is 4. The third kappa shape index (κ3) is 6.42. The molecule has 0 fully saturated rings. The fourth-order valence-corrected chi connectivity index (χ4v) is 2.91. The molecular weight excluding hydrogens is 428 g/mol. The monoisotopic (exact) mass is 450 g/mol. The second kappa shape index (κ2) is 11.3. The average molecular weight is 451 g/mol. The van der Waals surface area contributed by atoms with Crippen molar-refractivity contribution in [1.82, 2.24) is 0 Å². The lowest BCUT2D eigenvalue weighted by Crippen LogP contribution is -2.00. The van der Waals surface area contributed by atoms with E-state index in [1.807, 2.05) is 60.7 Å². The van der Waals surface area contributed by atoms with Gasteiger partial charge in [0.25, 0.3) is 0 Å². The van der Waals surface area contributed by atoms with Crippen LogP contribution in [0, 0.1) is 0 Å². The van der Waals surface area contributed by atoms with Crippen molar-refractivity contribution in [2.75, 3.05) is 0 Å². The summed E-state index contributed by atoms with van der Waals surface area (Å²) < 4.78 is 0. The van der Waals surface area contributed by atoms with Crippen LogP contribution in [-0.4, -0.2) is 0 Å². The first-order valence-electron chi connectivity index (χ1n) is 10.4. The first kappa shape index (κ1) is 22.5. The van der Waals surface area contributed by atoms with E-state index in [0.717, 1.165) is 22.5 Å². The highest BCUT2D eigenvalue weighted by molar-refractivity contribution is 5.70. The van der Waals surface area contributed by atoms with Crippen LogP contribution in [0.3, 0.4) is 0 Å². The number of azo groups is 2. The van der Waals surface area contributed by atoms with Crippen LogP contribution in [0.2, 0.25) is 0 Å². The van der Waals surface area contributed by atoms with Crippen LogP contribution in [-0.2, 0) is 0 Å². The lowest BCUT2D eigenvalue weighted by Gasteiger charge is -1.99. The van der Waals surface area contributed by atoms with E-state index in [4.69, 9.17) is 11.8 Å². The Morgan fingerprint density at radius 3 is 0.941 bits per heavy atom. The van der Waals surface area contributed by atoms with E-state index in [2.05, 4.69) is 30.1 Å². The summed E-state index contributed by atoms with van der Waals surface area (Å²) in [6.45, 7) is 0. The van der Waals surface area contributed by atoms with Crippen LogP contribution in [0.4, 0.5) is 22.7 Å². The topological polar surface area (TPSA) is 120 Å². The highest BCUT2D eigenvalue weighted by Gasteiger charge is 1.96. The second-order valence-corrected chi connectivity index (χ2v) is 7.14. The molecule has 168 valence electrons. The normalized spacial score (nSPS) is 11.5. The Kier molecular flexibility index (Phi) is 7.47. The smallest absolute Gasteiger partial charge is 0.146 e. The van der Waals surface area contributed by atoms with E-state index in [0.29, 0.717) is 22.9 Å². The van der Waals surface area contributed by atoms with Gasteiger partial charge in [-0.25, -0.2) is 0 Å². The predicted octanol–water partition coefficient (Wildman–Crippen LogP) is 7.19. The zero-order valence-corrected chi connectivity index (χ0v) is 18.2. The molecule has 8 nitrogen and oxygen atoms in total. The van der Waals surface area contributed by atoms with Crippen molar-refractivity contribution in [3.63, 3.8) is 0 Å². The molecule has 34 heavy (non-hydrogen) atoms. The fourth-order valence-electron chi connectivity index (χ4n) is 2.91. The van der Waals surface area contributed by atoms with Gasteiger partial charge in [0, 0.05) is 0 Å². The van der Waals surface area contributed by atoms with Crippen molar-refractivity contribution in [2.45, 2.75) is 0 Å². The molecule has 4 rings (SSSR count). The molecule has 0 amide bonds. The van der Waals surface area contributed by atoms with Crippen molar-refractivity contribution in [1.29, 1.82) is 0 Å². The number of nitrogens with two attached hydrogens (primary N) is 2. The van der Waals surface area contributed by atoms with Gasteiger partial charge in [-0.3, -0.25) is 0 Å². The molecule has 0 aliphatic rings. The molecule has 4 aromatic carbocycles. The van der Waals surface area contributed by atoms with E-state index >= 15 is 0 Å². The maximum absolute atomic E-state index is 5.11. The zero-order chi connectivity index (χ0) is 23.6. The van der Waals surface area contributed by atoms with Gasteiger partial charge in [-0.15, -0.1) is 0 Å². The lowest BCUT2D eigenvalue weighted by molar-refractivity contribution is 0.334. The van der Waals surface area contributed by atoms with Crippen LogP contribution in [0.25, 0.3) is 12.2 Å². The van der Waals surface area contributed by atoms with E-state index in [-0.39, 0.29) is 0 Å². The SMILES string of the molecule is NOc1ccc(/N=N/c2ccc(/C=C/c3ccc(/N=N/c4ccc(ON)cc4)cc3)cc2)cc1. The Morgan fingerprint density at radius 1 is 0.412 bits per heavy atom. The van der Waals surface area contributed by atoms with Crippen LogP contribution >= 0.6 is 0 Å². The Morgan fingerprint density at radius 2 is 0.676 bits per heavy atom. The Hall–Kier alpha value is -4.66. The molecule has 0 saturated carbocycles. The van der Waals surface area contributed by atoms with Crippen molar-refractivity contribution in [2.24, 2.45) is 32.3 Å². The summed E-state index contributed by atoms with van der Waals surface area (Å²) in [5.74, 6) is 11.4. The summed E-state index contributed by atoms with van der Waals surface area (Å²) in [5, 5.41) is 16.9. The molecule has 4 aromatic rings. The molecular formula is C26H22N6O2. The molecule has 0 atom stereocenters. The van der Waals surface area contributed by atoms with Gasteiger partial charge >= 0.3 is 0 Å². The summed E-state index contributed by atoms with van der Waals surface area (Å²) in [6.07, 6.45) is 4.06. The van der Waals surface area contributed by atoms with Crippen LogP contribution in [0.1, 0.15) is 11.1 Å². The summed E-state index contributed by atoms with van der Waals surface area (Å²) >= 11 is 0. The summed E-state index contributed by atoms with van der Waals surface area (Å²) in [7, 11) is 0. The maximum Gasteiger partial charge on any atom is 0.146 e. The molecule has 0 unspecified atom stereocenters. The number of hydrogen-bond acceptors (Lipinski definition) is 8. The minimum absolute atomic E-state index is 0.568. The van der Waals surface area contributed by atoms with E-state index in [1.165, 1.54) is 0 Å². The third-order valence-electron chi connectivity index (χ3n) is 4.76. The van der Waals surface area contributed by atoms with Crippen LogP contribution in [0.5, 0.6) is 11.5 Å². The quantitative estimate of drug-likeness (QED) is 0.168. The van der Waals surface area contributed by atoms with Gasteiger partial charge in [-0.05, 0) is 83.9 Å². The Bertz CT molecular complexity index is 1180. The van der Waals surface area contributed by atoms with Crippen molar-refractivity contribution >= 4 is 34.9 Å². The molecule has 0 aliphatic carbocycles. The van der Waals surface area contributed by atoms with E-state index < -0.39 is 0 Å². The highest BCUT2D eigenvalue weighted by atomic mass is 16.6. The number of rotatable bonds is 8. The fraction of sp³-hybridized carbons (Fsp3) is 0. The van der Waals surface area contributed by atoms with Crippen molar-refractivity contribution < 1.29 is 9.68 Å². The van der Waals surface area contributed by atoms with Crippen molar-refractivity contribution in [3.05, 3.63) is 108 Å². The van der Waals surface area contributed by atoms with Crippen LogP contribution < -0.4 is 21.5 Å². The van der Waals surface area contributed by atoms with Gasteiger partial charge in [0.2, 0.25) is 0 Å². The van der Waals surface area contributed by atoms with E-state index in [1.54, 1.807) is 48.5 Å². The first-order chi connectivity index (χ1) is 16.7. The molecule has 0 heterocycles. The van der Waals surface area contributed by atoms with Gasteiger partial charge in [-0.1, -0.05) is 36.4 Å². The summed E-state index contributed by atoms with van der Waals surface area (Å²) in [4.78, 5) is 9.29. The molecule has 0 saturated heterocycles. The Labute approximate surface area is 196 Å². The summed E-state index contributed by atoms with van der Waals surface area (Å²) in [6, 6.07) is 29.6. The van der Waals surface area contributed by atoms with Gasteiger partial charge in [0.15, 0.2) is 0 Å². The zero-order valence-electron chi connectivity index (χ0n) is 18.2. The lowest BCUT2D eigenvalue weighted by atomic mass is 10.1. The Balaban J connectivity index is 1.33. The molecule has 0 aromatic heterocycles. The molecule has 0 aliphatic heterocycles. The minimum Gasteiger partial charge on any atom is -0.412 e. The van der Waals surface area contributed by atoms with Gasteiger partial charge in [-0.2, -0.15) is 32.3 Å². The van der Waals surface area contributed by atoms with E-state index in [9.17, 15) is 0 Å². The molecule has 0 bridgehead atoms. The molecule has 8 heteroatoms. The number of benzene rings is 4. The summed E-state index contributed by atoms with van der Waals surface area (Å²) in [5.41, 5.74) is 5.06. The van der Waals surface area contributed by atoms with Crippen LogP contribution in [0.15, 0.2) is 118 Å². The van der Waals surface area contributed by atoms with Gasteiger partial charge in [0.1, 0.15) is 11.5 Å². The van der Waals surface area contributed by atoms with Gasteiger partial charge < -0.3 is 9.68 Å². The second-order valence-electron chi connectivity index (χ2n) is 7.14. The highest BCUT2D eigenvalue weighted by Crippen LogP contribution is 2.23. The predicted molar refractivity (Wildman–Crippen MR) is 133 cm³/mol.